The van der Waals surface area contributed by atoms with Crippen molar-refractivity contribution in [3.8, 4) is 0 Å². The number of fused-ring (bicyclic) bond motifs is 2. The summed E-state index contributed by atoms with van der Waals surface area (Å²) in [5.74, 6) is 0. The lowest BCUT2D eigenvalue weighted by atomic mass is 10.1. The van der Waals surface area contributed by atoms with Crippen LogP contribution in [0.2, 0.25) is 0 Å². The fourth-order valence-electron chi connectivity index (χ4n) is 2.29. The molecule has 0 fully saturated rings. The third-order valence-electron chi connectivity index (χ3n) is 3.18. The van der Waals surface area contributed by atoms with Crippen molar-refractivity contribution < 1.29 is 4.42 Å². The average Bonchev–Trinajstić information content (AvgIpc) is 2.40. The Labute approximate surface area is 105 Å². The first-order valence-electron chi connectivity index (χ1n) is 6.24. The molecule has 0 radical (unpaired) electrons. The molecule has 2 aromatic carbocycles. The standard InChI is InChI=1S/C16H14O2/c1-2-5-11-8-9-15-13(10-11)16(17)12-6-3-4-7-14(12)18-15/h3-4,6-10H,2,5H2,1H3. The van der Waals surface area contributed by atoms with Crippen LogP contribution in [0.25, 0.3) is 21.9 Å². The highest BCUT2D eigenvalue weighted by Gasteiger charge is 2.07. The summed E-state index contributed by atoms with van der Waals surface area (Å²) in [5, 5.41) is 1.33. The van der Waals surface area contributed by atoms with Gasteiger partial charge in [-0.1, -0.05) is 31.5 Å². The molecule has 0 bridgehead atoms. The van der Waals surface area contributed by atoms with Crippen LogP contribution in [0.1, 0.15) is 18.9 Å². The van der Waals surface area contributed by atoms with E-state index in [0.29, 0.717) is 21.9 Å². The SMILES string of the molecule is CCCc1ccc2oc3ccccc3c(=O)c2c1. The van der Waals surface area contributed by atoms with E-state index in [1.807, 2.05) is 42.5 Å². The summed E-state index contributed by atoms with van der Waals surface area (Å²) in [5.41, 5.74) is 2.56. The zero-order valence-electron chi connectivity index (χ0n) is 10.3. The summed E-state index contributed by atoms with van der Waals surface area (Å²) in [6.45, 7) is 2.13. The van der Waals surface area contributed by atoms with Crippen LogP contribution in [-0.4, -0.2) is 0 Å². The molecule has 0 aliphatic rings. The summed E-state index contributed by atoms with van der Waals surface area (Å²) >= 11 is 0. The van der Waals surface area contributed by atoms with E-state index in [4.69, 9.17) is 4.42 Å². The van der Waals surface area contributed by atoms with Crippen molar-refractivity contribution in [1.29, 1.82) is 0 Å². The van der Waals surface area contributed by atoms with Crippen molar-refractivity contribution >= 4 is 21.9 Å². The van der Waals surface area contributed by atoms with Gasteiger partial charge in [0.05, 0.1) is 10.8 Å². The Balaban J connectivity index is 2.38. The van der Waals surface area contributed by atoms with Gasteiger partial charge in [-0.15, -0.1) is 0 Å². The first-order valence-corrected chi connectivity index (χ1v) is 6.24. The summed E-state index contributed by atoms with van der Waals surface area (Å²) in [6, 6.07) is 13.3. The highest BCUT2D eigenvalue weighted by molar-refractivity contribution is 5.89. The maximum atomic E-state index is 12.4. The van der Waals surface area contributed by atoms with Crippen LogP contribution in [0.3, 0.4) is 0 Å². The first kappa shape index (κ1) is 11.0. The highest BCUT2D eigenvalue weighted by Crippen LogP contribution is 2.19. The second-order valence-electron chi connectivity index (χ2n) is 4.51. The molecule has 0 atom stereocenters. The molecular formula is C16H14O2. The van der Waals surface area contributed by atoms with Crippen molar-refractivity contribution in [3.05, 3.63) is 58.3 Å². The minimum absolute atomic E-state index is 0.0600. The molecule has 3 aromatic rings. The molecule has 0 saturated carbocycles. The van der Waals surface area contributed by atoms with Crippen LogP contribution in [-0.2, 0) is 6.42 Å². The molecular weight excluding hydrogens is 224 g/mol. The Kier molecular flexibility index (Phi) is 2.63. The Morgan fingerprint density at radius 2 is 1.78 bits per heavy atom. The van der Waals surface area contributed by atoms with E-state index in [1.165, 1.54) is 5.56 Å². The van der Waals surface area contributed by atoms with Crippen LogP contribution in [0.4, 0.5) is 0 Å². The highest BCUT2D eigenvalue weighted by atomic mass is 16.3. The molecule has 1 aromatic heterocycles. The number of aryl methyl sites for hydroxylation is 1. The topological polar surface area (TPSA) is 30.2 Å². The second-order valence-corrected chi connectivity index (χ2v) is 4.51. The third kappa shape index (κ3) is 1.70. The lowest BCUT2D eigenvalue weighted by Gasteiger charge is -2.03. The van der Waals surface area contributed by atoms with Gasteiger partial charge in [-0.3, -0.25) is 4.79 Å². The van der Waals surface area contributed by atoms with Crippen molar-refractivity contribution in [2.75, 3.05) is 0 Å². The van der Waals surface area contributed by atoms with Crippen LogP contribution >= 0.6 is 0 Å². The van der Waals surface area contributed by atoms with Gasteiger partial charge in [0.1, 0.15) is 11.2 Å². The van der Waals surface area contributed by atoms with E-state index in [2.05, 4.69) is 6.92 Å². The number of para-hydroxylation sites is 1. The van der Waals surface area contributed by atoms with Gasteiger partial charge >= 0.3 is 0 Å². The number of rotatable bonds is 2. The predicted molar refractivity (Wildman–Crippen MR) is 74.0 cm³/mol. The average molecular weight is 238 g/mol. The van der Waals surface area contributed by atoms with E-state index in [9.17, 15) is 4.79 Å². The summed E-state index contributed by atoms with van der Waals surface area (Å²) in [4.78, 5) is 12.4. The van der Waals surface area contributed by atoms with Crippen LogP contribution in [0.5, 0.6) is 0 Å². The molecule has 0 aliphatic heterocycles. The van der Waals surface area contributed by atoms with E-state index >= 15 is 0 Å². The van der Waals surface area contributed by atoms with Crippen LogP contribution in [0.15, 0.2) is 51.7 Å². The normalized spacial score (nSPS) is 11.2. The zero-order valence-corrected chi connectivity index (χ0v) is 10.3. The number of benzene rings is 2. The van der Waals surface area contributed by atoms with E-state index < -0.39 is 0 Å². The van der Waals surface area contributed by atoms with E-state index in [-0.39, 0.29) is 5.43 Å². The lowest BCUT2D eigenvalue weighted by molar-refractivity contribution is 0.659. The molecule has 0 spiro atoms. The maximum Gasteiger partial charge on any atom is 0.200 e. The third-order valence-corrected chi connectivity index (χ3v) is 3.18. The summed E-state index contributed by atoms with van der Waals surface area (Å²) in [6.07, 6.45) is 2.06. The van der Waals surface area contributed by atoms with Crippen molar-refractivity contribution in [2.24, 2.45) is 0 Å². The van der Waals surface area contributed by atoms with Gasteiger partial charge in [-0.2, -0.15) is 0 Å². The molecule has 0 aliphatic carbocycles. The molecule has 0 N–H and O–H groups in total. The lowest BCUT2D eigenvalue weighted by Crippen LogP contribution is -2.02. The Morgan fingerprint density at radius 1 is 1.00 bits per heavy atom. The Hall–Kier alpha value is -2.09. The minimum atomic E-state index is 0.0600. The Bertz CT molecular complexity index is 769. The fourth-order valence-corrected chi connectivity index (χ4v) is 2.29. The summed E-state index contributed by atoms with van der Waals surface area (Å²) < 4.78 is 5.76. The molecule has 0 unspecified atom stereocenters. The van der Waals surface area contributed by atoms with Crippen LogP contribution < -0.4 is 5.43 Å². The van der Waals surface area contributed by atoms with Gasteiger partial charge in [-0.25, -0.2) is 0 Å². The van der Waals surface area contributed by atoms with Gasteiger partial charge in [-0.05, 0) is 36.2 Å². The van der Waals surface area contributed by atoms with Gasteiger partial charge in [0, 0.05) is 0 Å². The van der Waals surface area contributed by atoms with Gasteiger partial charge in [0.25, 0.3) is 0 Å². The predicted octanol–water partition coefficient (Wildman–Crippen LogP) is 3.90. The van der Waals surface area contributed by atoms with Gasteiger partial charge < -0.3 is 4.42 Å². The molecule has 18 heavy (non-hydrogen) atoms. The molecule has 1 heterocycles. The quantitative estimate of drug-likeness (QED) is 0.634. The zero-order chi connectivity index (χ0) is 12.5. The number of hydrogen-bond donors (Lipinski definition) is 0. The van der Waals surface area contributed by atoms with E-state index in [1.54, 1.807) is 0 Å². The van der Waals surface area contributed by atoms with Gasteiger partial charge in [0.15, 0.2) is 0 Å². The fraction of sp³-hybridized carbons (Fsp3) is 0.188. The minimum Gasteiger partial charge on any atom is -0.456 e. The molecule has 3 rings (SSSR count). The largest absolute Gasteiger partial charge is 0.456 e. The number of hydrogen-bond acceptors (Lipinski definition) is 2. The monoisotopic (exact) mass is 238 g/mol. The molecule has 0 amide bonds. The van der Waals surface area contributed by atoms with Crippen molar-refractivity contribution in [1.82, 2.24) is 0 Å². The molecule has 2 nitrogen and oxygen atoms in total. The Morgan fingerprint density at radius 3 is 2.61 bits per heavy atom. The summed E-state index contributed by atoms with van der Waals surface area (Å²) in [7, 11) is 0. The maximum absolute atomic E-state index is 12.4. The smallest absolute Gasteiger partial charge is 0.200 e. The molecule has 90 valence electrons. The van der Waals surface area contributed by atoms with Crippen molar-refractivity contribution in [2.45, 2.75) is 19.8 Å². The molecule has 2 heteroatoms. The molecule has 0 saturated heterocycles. The van der Waals surface area contributed by atoms with Crippen LogP contribution in [0, 0.1) is 0 Å². The van der Waals surface area contributed by atoms with Crippen molar-refractivity contribution in [3.63, 3.8) is 0 Å². The first-order chi connectivity index (χ1) is 8.79. The second kappa shape index (κ2) is 4.30. The van der Waals surface area contributed by atoms with E-state index in [0.717, 1.165) is 12.8 Å². The van der Waals surface area contributed by atoms with Gasteiger partial charge in [0.2, 0.25) is 5.43 Å².